The summed E-state index contributed by atoms with van der Waals surface area (Å²) in [6.07, 6.45) is 0. The third-order valence-electron chi connectivity index (χ3n) is 0.597. The van der Waals surface area contributed by atoms with E-state index >= 15 is 0 Å². The van der Waals surface area contributed by atoms with E-state index in [4.69, 9.17) is 0 Å². The van der Waals surface area contributed by atoms with E-state index in [0.29, 0.717) is 0 Å². The molecule has 0 aliphatic carbocycles. The Morgan fingerprint density at radius 2 is 1.50 bits per heavy atom. The van der Waals surface area contributed by atoms with Crippen molar-refractivity contribution in [2.45, 2.75) is 13.8 Å². The minimum Gasteiger partial charge on any atom is -0.274 e. The van der Waals surface area contributed by atoms with Gasteiger partial charge in [-0.15, -0.1) is 0 Å². The fraction of sp³-hybridized carbons (Fsp3) is 0.500. The third-order valence-corrected chi connectivity index (χ3v) is 1.16. The first-order valence-corrected chi connectivity index (χ1v) is 2.46. The lowest BCUT2D eigenvalue weighted by atomic mass is 10.6. The number of hydrogen-bond acceptors (Lipinski definition) is 3. The predicted molar refractivity (Wildman–Crippen MR) is 32.2 cm³/mol. The Balaban J connectivity index is 3.83. The maximum atomic E-state index is 10.2. The summed E-state index contributed by atoms with van der Waals surface area (Å²) in [4.78, 5) is 20.4. The van der Waals surface area contributed by atoms with E-state index in [1.54, 1.807) is 0 Å². The zero-order valence-corrected chi connectivity index (χ0v) is 5.61. The van der Waals surface area contributed by atoms with E-state index < -0.39 is 0 Å². The molecule has 0 aromatic carbocycles. The van der Waals surface area contributed by atoms with Crippen LogP contribution in [-0.4, -0.2) is 16.1 Å². The molecule has 4 heteroatoms. The summed E-state index contributed by atoms with van der Waals surface area (Å²) in [5.74, 6) is -0.721. The SMILES string of the molecule is CC(=O)N(S)C(C)=O. The Labute approximate surface area is 53.2 Å². The molecule has 0 rings (SSSR count). The third kappa shape index (κ3) is 1.97. The van der Waals surface area contributed by atoms with Gasteiger partial charge in [-0.05, 0) is 0 Å². The fourth-order valence-electron chi connectivity index (χ4n) is 0.222. The number of carbonyl (C=O) groups is 2. The molecule has 0 spiro atoms. The summed E-state index contributed by atoms with van der Waals surface area (Å²) in [6, 6.07) is 0. The number of imide groups is 1. The van der Waals surface area contributed by atoms with Gasteiger partial charge >= 0.3 is 0 Å². The van der Waals surface area contributed by atoms with Crippen LogP contribution in [0.2, 0.25) is 0 Å². The van der Waals surface area contributed by atoms with Gasteiger partial charge in [-0.3, -0.25) is 9.59 Å². The normalized spacial score (nSPS) is 8.38. The molecule has 0 heterocycles. The Morgan fingerprint density at radius 3 is 1.50 bits per heavy atom. The lowest BCUT2D eigenvalue weighted by Crippen LogP contribution is -2.22. The number of rotatable bonds is 0. The standard InChI is InChI=1S/C4H7NO2S/c1-3(6)5(8)4(2)7/h8H,1-2H3. The quantitative estimate of drug-likeness (QED) is 0.480. The molecule has 2 amide bonds. The van der Waals surface area contributed by atoms with Crippen LogP contribution < -0.4 is 0 Å². The van der Waals surface area contributed by atoms with Gasteiger partial charge in [0, 0.05) is 13.8 Å². The van der Waals surface area contributed by atoms with E-state index in [1.807, 2.05) is 0 Å². The highest BCUT2D eigenvalue weighted by Gasteiger charge is 2.05. The lowest BCUT2D eigenvalue weighted by molar-refractivity contribution is -0.135. The van der Waals surface area contributed by atoms with Gasteiger partial charge in [0.25, 0.3) is 0 Å². The van der Waals surface area contributed by atoms with Crippen LogP contribution in [0.5, 0.6) is 0 Å². The smallest absolute Gasteiger partial charge is 0.236 e. The highest BCUT2D eigenvalue weighted by molar-refractivity contribution is 7.79. The summed E-state index contributed by atoms with van der Waals surface area (Å²) in [5, 5.41) is 0. The zero-order chi connectivity index (χ0) is 6.73. The van der Waals surface area contributed by atoms with E-state index in [9.17, 15) is 9.59 Å². The number of thiol groups is 1. The highest BCUT2D eigenvalue weighted by atomic mass is 32.1. The molecule has 0 aromatic heterocycles. The van der Waals surface area contributed by atoms with Crippen LogP contribution in [-0.2, 0) is 9.59 Å². The average Bonchev–Trinajstić information content (AvgIpc) is 1.64. The molecule has 0 atom stereocenters. The summed E-state index contributed by atoms with van der Waals surface area (Å²) in [5.41, 5.74) is 0. The van der Waals surface area contributed by atoms with Gasteiger partial charge in [-0.1, -0.05) is 12.8 Å². The van der Waals surface area contributed by atoms with Crippen molar-refractivity contribution in [1.82, 2.24) is 4.31 Å². The van der Waals surface area contributed by atoms with E-state index in [0.717, 1.165) is 4.31 Å². The lowest BCUT2D eigenvalue weighted by Gasteiger charge is -2.05. The van der Waals surface area contributed by atoms with Crippen molar-refractivity contribution in [3.05, 3.63) is 0 Å². The fourth-order valence-corrected chi connectivity index (χ4v) is 0.222. The van der Waals surface area contributed by atoms with Crippen molar-refractivity contribution in [2.24, 2.45) is 0 Å². The van der Waals surface area contributed by atoms with Crippen LogP contribution in [0.15, 0.2) is 0 Å². The first-order chi connectivity index (χ1) is 3.55. The molecule has 0 aliphatic rings. The molecule has 8 heavy (non-hydrogen) atoms. The first kappa shape index (κ1) is 7.49. The van der Waals surface area contributed by atoms with Gasteiger partial charge in [-0.25, -0.2) is 4.31 Å². The van der Waals surface area contributed by atoms with Gasteiger partial charge in [-0.2, -0.15) is 0 Å². The van der Waals surface area contributed by atoms with Crippen LogP contribution in [0.25, 0.3) is 0 Å². The van der Waals surface area contributed by atoms with Gasteiger partial charge in [0.15, 0.2) is 0 Å². The topological polar surface area (TPSA) is 37.4 Å². The largest absolute Gasteiger partial charge is 0.274 e. The van der Waals surface area contributed by atoms with E-state index in [-0.39, 0.29) is 11.8 Å². The molecule has 0 radical (unpaired) electrons. The second-order valence-corrected chi connectivity index (χ2v) is 1.75. The van der Waals surface area contributed by atoms with Crippen molar-refractivity contribution < 1.29 is 9.59 Å². The van der Waals surface area contributed by atoms with Crippen LogP contribution in [0.4, 0.5) is 0 Å². The monoisotopic (exact) mass is 133 g/mol. The molecule has 0 N–H and O–H groups in total. The van der Waals surface area contributed by atoms with Crippen molar-refractivity contribution in [3.63, 3.8) is 0 Å². The van der Waals surface area contributed by atoms with Gasteiger partial charge < -0.3 is 0 Å². The Kier molecular flexibility index (Phi) is 2.54. The van der Waals surface area contributed by atoms with E-state index in [1.165, 1.54) is 13.8 Å². The van der Waals surface area contributed by atoms with E-state index in [2.05, 4.69) is 12.8 Å². The second-order valence-electron chi connectivity index (χ2n) is 1.35. The molecule has 46 valence electrons. The molecular weight excluding hydrogens is 126 g/mol. The molecule has 0 aromatic rings. The minimum absolute atomic E-state index is 0.360. The van der Waals surface area contributed by atoms with Crippen LogP contribution in [0.1, 0.15) is 13.8 Å². The van der Waals surface area contributed by atoms with Crippen molar-refractivity contribution in [2.75, 3.05) is 0 Å². The second kappa shape index (κ2) is 2.71. The summed E-state index contributed by atoms with van der Waals surface area (Å²) in [7, 11) is 0. The maximum absolute atomic E-state index is 10.2. The molecule has 0 bridgehead atoms. The summed E-state index contributed by atoms with van der Waals surface area (Å²) >= 11 is 3.55. The first-order valence-electron chi connectivity index (χ1n) is 2.06. The minimum atomic E-state index is -0.360. The Hall–Kier alpha value is -0.510. The van der Waals surface area contributed by atoms with Crippen LogP contribution in [0, 0.1) is 0 Å². The summed E-state index contributed by atoms with van der Waals surface area (Å²) in [6.45, 7) is 2.54. The molecule has 0 saturated carbocycles. The maximum Gasteiger partial charge on any atom is 0.236 e. The summed E-state index contributed by atoms with van der Waals surface area (Å²) < 4.78 is 0.750. The molecule has 0 aliphatic heterocycles. The molecule has 0 saturated heterocycles. The zero-order valence-electron chi connectivity index (χ0n) is 4.71. The Bertz CT molecular complexity index is 109. The van der Waals surface area contributed by atoms with Crippen molar-refractivity contribution in [3.8, 4) is 0 Å². The van der Waals surface area contributed by atoms with Gasteiger partial charge in [0.1, 0.15) is 0 Å². The van der Waals surface area contributed by atoms with Crippen LogP contribution >= 0.6 is 12.8 Å². The molecular formula is C4H7NO2S. The predicted octanol–water partition coefficient (Wildman–Crippen LogP) is 0.226. The number of carbonyl (C=O) groups excluding carboxylic acids is 2. The van der Waals surface area contributed by atoms with Crippen LogP contribution in [0.3, 0.4) is 0 Å². The molecule has 3 nitrogen and oxygen atoms in total. The highest BCUT2D eigenvalue weighted by Crippen LogP contribution is 1.92. The molecule has 0 fully saturated rings. The van der Waals surface area contributed by atoms with Gasteiger partial charge in [0.05, 0.1) is 0 Å². The number of hydrogen-bond donors (Lipinski definition) is 1. The van der Waals surface area contributed by atoms with Crippen molar-refractivity contribution in [1.29, 1.82) is 0 Å². The molecule has 0 unspecified atom stereocenters. The number of amides is 2. The average molecular weight is 133 g/mol. The number of nitrogens with zero attached hydrogens (tertiary/aromatic N) is 1. The van der Waals surface area contributed by atoms with Gasteiger partial charge in [0.2, 0.25) is 11.8 Å². The van der Waals surface area contributed by atoms with Crippen molar-refractivity contribution >= 4 is 24.6 Å². The Morgan fingerprint density at radius 1 is 1.25 bits per heavy atom.